The average molecular weight is 378 g/mol. The first-order chi connectivity index (χ1) is 12.8. The summed E-state index contributed by atoms with van der Waals surface area (Å²) >= 11 is 0. The van der Waals surface area contributed by atoms with Gasteiger partial charge in [0.05, 0.1) is 5.56 Å². The molecule has 2 heterocycles. The Hall–Kier alpha value is -3.30. The summed E-state index contributed by atoms with van der Waals surface area (Å²) in [5.41, 5.74) is -0.829. The van der Waals surface area contributed by atoms with Crippen molar-refractivity contribution in [1.82, 2.24) is 10.2 Å². The Morgan fingerprint density at radius 3 is 2.56 bits per heavy atom. The van der Waals surface area contributed by atoms with E-state index in [-0.39, 0.29) is 24.5 Å². The molecule has 0 spiro atoms. The number of carbonyl (C=O) groups is 3. The highest BCUT2D eigenvalue weighted by atomic mass is 19.4. The molecule has 4 amide bonds. The molecule has 1 aromatic carbocycles. The van der Waals surface area contributed by atoms with E-state index in [1.807, 2.05) is 0 Å². The number of dihydropyridines is 1. The lowest BCUT2D eigenvalue weighted by atomic mass is 10.0. The molecular formula is C17H13F3N4O3. The first-order valence-electron chi connectivity index (χ1n) is 7.87. The van der Waals surface area contributed by atoms with Crippen LogP contribution in [0.5, 0.6) is 0 Å². The summed E-state index contributed by atoms with van der Waals surface area (Å²) in [6.07, 6.45) is 0.0765. The standard InChI is InChI=1S/C17H13F3N4O3/c18-17(19,20)11-5-3-10(4-6-11)14(25)22-8-9-24-15(26)12-2-1-7-21-13(12)23-16(24)27/h1-7,12H,8-9H2,(H,22,25). The van der Waals surface area contributed by atoms with Gasteiger partial charge in [-0.1, -0.05) is 6.08 Å². The van der Waals surface area contributed by atoms with Crippen LogP contribution in [0.4, 0.5) is 18.0 Å². The number of nitrogens with zero attached hydrogens (tertiary/aromatic N) is 3. The van der Waals surface area contributed by atoms with E-state index in [1.165, 1.54) is 6.21 Å². The lowest BCUT2D eigenvalue weighted by Gasteiger charge is -2.27. The molecule has 0 aliphatic carbocycles. The Balaban J connectivity index is 1.58. The minimum atomic E-state index is -4.49. The number of hydrogen-bond donors (Lipinski definition) is 1. The van der Waals surface area contributed by atoms with E-state index in [0.29, 0.717) is 0 Å². The monoisotopic (exact) mass is 378 g/mol. The van der Waals surface area contributed by atoms with Gasteiger partial charge in [0.1, 0.15) is 11.8 Å². The van der Waals surface area contributed by atoms with Gasteiger partial charge in [-0.3, -0.25) is 14.5 Å². The highest BCUT2D eigenvalue weighted by molar-refractivity contribution is 6.19. The number of rotatable bonds is 4. The van der Waals surface area contributed by atoms with Crippen LogP contribution in [0.3, 0.4) is 0 Å². The summed E-state index contributed by atoms with van der Waals surface area (Å²) in [7, 11) is 0. The third kappa shape index (κ3) is 3.94. The van der Waals surface area contributed by atoms with Gasteiger partial charge < -0.3 is 5.32 Å². The largest absolute Gasteiger partial charge is 0.416 e. The van der Waals surface area contributed by atoms with E-state index in [2.05, 4.69) is 15.3 Å². The Morgan fingerprint density at radius 1 is 1.19 bits per heavy atom. The molecule has 140 valence electrons. The van der Waals surface area contributed by atoms with Crippen LogP contribution in [0.15, 0.2) is 46.4 Å². The minimum absolute atomic E-state index is 0.0316. The number of amides is 4. The molecular weight excluding hydrogens is 365 g/mol. The fourth-order valence-corrected chi connectivity index (χ4v) is 2.56. The molecule has 1 atom stereocenters. The molecule has 0 radical (unpaired) electrons. The van der Waals surface area contributed by atoms with Crippen LogP contribution in [0, 0.1) is 5.92 Å². The zero-order chi connectivity index (χ0) is 19.6. The molecule has 1 unspecified atom stereocenters. The highest BCUT2D eigenvalue weighted by Crippen LogP contribution is 2.29. The summed E-state index contributed by atoms with van der Waals surface area (Å²) in [6, 6.07) is 2.94. The molecule has 0 fully saturated rings. The zero-order valence-corrected chi connectivity index (χ0v) is 13.7. The van der Waals surface area contributed by atoms with Crippen molar-refractivity contribution in [3.8, 4) is 0 Å². The van der Waals surface area contributed by atoms with Crippen molar-refractivity contribution in [3.63, 3.8) is 0 Å². The van der Waals surface area contributed by atoms with Gasteiger partial charge >= 0.3 is 12.2 Å². The van der Waals surface area contributed by atoms with E-state index in [9.17, 15) is 27.6 Å². The zero-order valence-electron chi connectivity index (χ0n) is 13.7. The number of halogens is 3. The van der Waals surface area contributed by atoms with Crippen molar-refractivity contribution in [1.29, 1.82) is 0 Å². The number of alkyl halides is 3. The molecule has 2 aliphatic rings. The molecule has 3 rings (SSSR count). The van der Waals surface area contributed by atoms with Crippen LogP contribution >= 0.6 is 0 Å². The third-order valence-electron chi connectivity index (χ3n) is 3.94. The van der Waals surface area contributed by atoms with Crippen LogP contribution in [-0.2, 0) is 11.0 Å². The number of aliphatic imine (C=N–C) groups is 2. The summed E-state index contributed by atoms with van der Waals surface area (Å²) in [5.74, 6) is -1.73. The molecule has 0 saturated carbocycles. The van der Waals surface area contributed by atoms with Crippen molar-refractivity contribution in [2.45, 2.75) is 6.18 Å². The second kappa shape index (κ2) is 7.14. The molecule has 0 bridgehead atoms. The van der Waals surface area contributed by atoms with Gasteiger partial charge in [-0.15, -0.1) is 0 Å². The van der Waals surface area contributed by atoms with Crippen molar-refractivity contribution >= 4 is 29.9 Å². The Bertz CT molecular complexity index is 872. The van der Waals surface area contributed by atoms with Gasteiger partial charge in [0.2, 0.25) is 5.91 Å². The topological polar surface area (TPSA) is 91.2 Å². The number of fused-ring (bicyclic) bond motifs is 1. The van der Waals surface area contributed by atoms with Crippen molar-refractivity contribution in [2.75, 3.05) is 13.1 Å². The van der Waals surface area contributed by atoms with Crippen LogP contribution in [0.25, 0.3) is 0 Å². The molecule has 1 aromatic rings. The summed E-state index contributed by atoms with van der Waals surface area (Å²) in [5, 5.41) is 2.46. The fraction of sp³-hybridized carbons (Fsp3) is 0.235. The summed E-state index contributed by atoms with van der Waals surface area (Å²) in [4.78, 5) is 44.8. The molecule has 10 heteroatoms. The van der Waals surface area contributed by atoms with E-state index in [4.69, 9.17) is 0 Å². The second-order valence-electron chi connectivity index (χ2n) is 5.71. The first kappa shape index (κ1) is 18.5. The maximum absolute atomic E-state index is 12.5. The minimum Gasteiger partial charge on any atom is -0.350 e. The molecule has 0 aromatic heterocycles. The summed E-state index contributed by atoms with van der Waals surface area (Å²) < 4.78 is 37.6. The maximum atomic E-state index is 12.5. The van der Waals surface area contributed by atoms with E-state index < -0.39 is 35.5 Å². The quantitative estimate of drug-likeness (QED) is 0.869. The predicted octanol–water partition coefficient (Wildman–Crippen LogP) is 2.05. The molecule has 0 saturated heterocycles. The molecule has 27 heavy (non-hydrogen) atoms. The number of amidine groups is 1. The number of hydrogen-bond acceptors (Lipinski definition) is 4. The maximum Gasteiger partial charge on any atom is 0.416 e. The van der Waals surface area contributed by atoms with Gasteiger partial charge in [0.25, 0.3) is 5.91 Å². The van der Waals surface area contributed by atoms with Gasteiger partial charge in [0.15, 0.2) is 0 Å². The Morgan fingerprint density at radius 2 is 1.89 bits per heavy atom. The van der Waals surface area contributed by atoms with Crippen LogP contribution < -0.4 is 5.32 Å². The average Bonchev–Trinajstić information content (AvgIpc) is 2.63. The van der Waals surface area contributed by atoms with Crippen molar-refractivity contribution in [3.05, 3.63) is 47.5 Å². The van der Waals surface area contributed by atoms with Crippen LogP contribution in [0.1, 0.15) is 15.9 Å². The lowest BCUT2D eigenvalue weighted by molar-refractivity contribution is -0.137. The normalized spacial score (nSPS) is 19.0. The number of carbonyl (C=O) groups excluding carboxylic acids is 3. The van der Waals surface area contributed by atoms with Gasteiger partial charge in [-0.05, 0) is 30.3 Å². The molecule has 7 nitrogen and oxygen atoms in total. The number of nitrogens with one attached hydrogen (secondary N) is 1. The Labute approximate surface area is 151 Å². The van der Waals surface area contributed by atoms with Gasteiger partial charge in [-0.2, -0.15) is 18.2 Å². The third-order valence-corrected chi connectivity index (χ3v) is 3.94. The highest BCUT2D eigenvalue weighted by Gasteiger charge is 2.36. The smallest absolute Gasteiger partial charge is 0.350 e. The van der Waals surface area contributed by atoms with Crippen LogP contribution in [0.2, 0.25) is 0 Å². The second-order valence-corrected chi connectivity index (χ2v) is 5.71. The van der Waals surface area contributed by atoms with Crippen LogP contribution in [-0.4, -0.2) is 47.9 Å². The number of imide groups is 1. The summed E-state index contributed by atoms with van der Waals surface area (Å²) in [6.45, 7) is -0.184. The number of urea groups is 1. The Kier molecular flexibility index (Phi) is 4.89. The van der Waals surface area contributed by atoms with Gasteiger partial charge in [-0.25, -0.2) is 9.79 Å². The number of benzene rings is 1. The van der Waals surface area contributed by atoms with Crippen molar-refractivity contribution < 1.29 is 27.6 Å². The van der Waals surface area contributed by atoms with E-state index in [0.717, 1.165) is 29.2 Å². The predicted molar refractivity (Wildman–Crippen MR) is 89.4 cm³/mol. The molecule has 2 aliphatic heterocycles. The number of allylic oxidation sites excluding steroid dienone is 1. The first-order valence-corrected chi connectivity index (χ1v) is 7.87. The lowest BCUT2D eigenvalue weighted by Crippen LogP contribution is -2.48. The SMILES string of the molecule is O=C(NCCN1C(=O)N=C2N=CC=CC2C1=O)c1ccc(C(F)(F)F)cc1. The van der Waals surface area contributed by atoms with Gasteiger partial charge in [0, 0.05) is 24.9 Å². The van der Waals surface area contributed by atoms with E-state index in [1.54, 1.807) is 12.2 Å². The van der Waals surface area contributed by atoms with Crippen molar-refractivity contribution in [2.24, 2.45) is 15.9 Å². The van der Waals surface area contributed by atoms with E-state index >= 15 is 0 Å². The fourth-order valence-electron chi connectivity index (χ4n) is 2.56. The molecule has 1 N–H and O–H groups in total.